The topological polar surface area (TPSA) is 55.6 Å². The fourth-order valence-corrected chi connectivity index (χ4v) is 1.76. The molecule has 0 aliphatic carbocycles. The van der Waals surface area contributed by atoms with E-state index in [1.807, 2.05) is 17.1 Å². The van der Waals surface area contributed by atoms with Crippen molar-refractivity contribution in [1.82, 2.24) is 19.4 Å². The van der Waals surface area contributed by atoms with E-state index in [1.54, 1.807) is 0 Å². The Morgan fingerprint density at radius 2 is 2.33 bits per heavy atom. The van der Waals surface area contributed by atoms with Crippen LogP contribution >= 0.6 is 11.5 Å². The minimum absolute atomic E-state index is 0.694. The van der Waals surface area contributed by atoms with E-state index in [-0.39, 0.29) is 0 Å². The summed E-state index contributed by atoms with van der Waals surface area (Å²) in [6.45, 7) is 2.79. The zero-order valence-corrected chi connectivity index (χ0v) is 9.58. The second kappa shape index (κ2) is 4.39. The van der Waals surface area contributed by atoms with Crippen LogP contribution in [0.25, 0.3) is 0 Å². The van der Waals surface area contributed by atoms with Crippen molar-refractivity contribution in [3.05, 3.63) is 22.8 Å². The maximum Gasteiger partial charge on any atom is 0.124 e. The molecule has 0 aliphatic heterocycles. The van der Waals surface area contributed by atoms with Gasteiger partial charge in [-0.3, -0.25) is 4.68 Å². The molecule has 6 heteroatoms. The van der Waals surface area contributed by atoms with Gasteiger partial charge in [-0.25, -0.2) is 0 Å². The van der Waals surface area contributed by atoms with Crippen LogP contribution in [-0.2, 0) is 20.0 Å². The second-order valence-corrected chi connectivity index (χ2v) is 3.86. The molecule has 2 aromatic heterocycles. The molecule has 2 heterocycles. The number of aryl methyl sites for hydroxylation is 2. The highest BCUT2D eigenvalue weighted by molar-refractivity contribution is 7.03. The van der Waals surface area contributed by atoms with Crippen molar-refractivity contribution >= 4 is 17.4 Å². The summed E-state index contributed by atoms with van der Waals surface area (Å²) < 4.78 is 5.65. The number of aromatic nitrogens is 4. The van der Waals surface area contributed by atoms with Gasteiger partial charge in [0.1, 0.15) is 5.82 Å². The first-order valence-electron chi connectivity index (χ1n) is 4.82. The van der Waals surface area contributed by atoms with Crippen LogP contribution in [-0.4, -0.2) is 19.4 Å². The molecule has 0 spiro atoms. The number of hydrogen-bond acceptors (Lipinski definition) is 5. The van der Waals surface area contributed by atoms with Crippen molar-refractivity contribution in [3.63, 3.8) is 0 Å². The van der Waals surface area contributed by atoms with Crippen LogP contribution in [0.1, 0.15) is 18.3 Å². The molecule has 2 rings (SSSR count). The molecule has 0 fully saturated rings. The third-order valence-electron chi connectivity index (χ3n) is 2.15. The molecular weight excluding hydrogens is 210 g/mol. The minimum atomic E-state index is 0.694. The van der Waals surface area contributed by atoms with Crippen molar-refractivity contribution in [2.24, 2.45) is 7.05 Å². The molecule has 0 saturated heterocycles. The highest BCUT2D eigenvalue weighted by Gasteiger charge is 2.03. The van der Waals surface area contributed by atoms with E-state index in [1.165, 1.54) is 11.5 Å². The summed E-state index contributed by atoms with van der Waals surface area (Å²) in [7, 11) is 1.93. The van der Waals surface area contributed by atoms with Crippen LogP contribution in [0.2, 0.25) is 0 Å². The van der Waals surface area contributed by atoms with Gasteiger partial charge in [0.05, 0.1) is 17.9 Å². The standard InChI is InChI=1S/C9H13N5S/c1-3-7-4-9(14(2)12-7)10-5-8-6-15-13-11-8/h4,6,10H,3,5H2,1-2H3. The summed E-state index contributed by atoms with van der Waals surface area (Å²) in [5.74, 6) is 1.01. The molecular formula is C9H13N5S. The van der Waals surface area contributed by atoms with Crippen molar-refractivity contribution < 1.29 is 0 Å². The SMILES string of the molecule is CCc1cc(NCc2csnn2)n(C)n1. The van der Waals surface area contributed by atoms with Gasteiger partial charge in [-0.2, -0.15) is 5.10 Å². The van der Waals surface area contributed by atoms with Gasteiger partial charge in [0.2, 0.25) is 0 Å². The van der Waals surface area contributed by atoms with E-state index in [9.17, 15) is 0 Å². The summed E-state index contributed by atoms with van der Waals surface area (Å²) in [5.41, 5.74) is 2.05. The lowest BCUT2D eigenvalue weighted by Gasteiger charge is -2.02. The van der Waals surface area contributed by atoms with Crippen LogP contribution in [0.15, 0.2) is 11.4 Å². The highest BCUT2D eigenvalue weighted by atomic mass is 32.1. The molecule has 15 heavy (non-hydrogen) atoms. The lowest BCUT2D eigenvalue weighted by atomic mass is 10.3. The Hall–Kier alpha value is -1.43. The number of anilines is 1. The Morgan fingerprint density at radius 1 is 1.47 bits per heavy atom. The van der Waals surface area contributed by atoms with E-state index < -0.39 is 0 Å². The van der Waals surface area contributed by atoms with E-state index in [4.69, 9.17) is 0 Å². The Balaban J connectivity index is 2.01. The van der Waals surface area contributed by atoms with Gasteiger partial charge in [-0.15, -0.1) is 5.10 Å². The van der Waals surface area contributed by atoms with E-state index in [0.717, 1.165) is 23.6 Å². The number of nitrogens with one attached hydrogen (secondary N) is 1. The van der Waals surface area contributed by atoms with E-state index in [0.29, 0.717) is 6.54 Å². The van der Waals surface area contributed by atoms with Crippen molar-refractivity contribution in [3.8, 4) is 0 Å². The normalized spacial score (nSPS) is 10.5. The number of rotatable bonds is 4. The van der Waals surface area contributed by atoms with Crippen molar-refractivity contribution in [1.29, 1.82) is 0 Å². The van der Waals surface area contributed by atoms with Gasteiger partial charge in [-0.1, -0.05) is 11.4 Å². The summed E-state index contributed by atoms with van der Waals surface area (Å²) >= 11 is 1.37. The maximum absolute atomic E-state index is 4.35. The highest BCUT2D eigenvalue weighted by Crippen LogP contribution is 2.10. The maximum atomic E-state index is 4.35. The van der Waals surface area contributed by atoms with Crippen LogP contribution in [0.5, 0.6) is 0 Å². The van der Waals surface area contributed by atoms with Crippen LogP contribution in [0.4, 0.5) is 5.82 Å². The number of hydrogen-bond donors (Lipinski definition) is 1. The predicted molar refractivity (Wildman–Crippen MR) is 59.8 cm³/mol. The van der Waals surface area contributed by atoms with Crippen LogP contribution in [0.3, 0.4) is 0 Å². The molecule has 2 aromatic rings. The Bertz CT molecular complexity index is 420. The van der Waals surface area contributed by atoms with Crippen molar-refractivity contribution in [2.45, 2.75) is 19.9 Å². The molecule has 0 saturated carbocycles. The lowest BCUT2D eigenvalue weighted by molar-refractivity contribution is 0.746. The van der Waals surface area contributed by atoms with Crippen LogP contribution in [0, 0.1) is 0 Å². The van der Waals surface area contributed by atoms with Gasteiger partial charge in [0, 0.05) is 18.5 Å². The Kier molecular flexibility index (Phi) is 2.96. The third kappa shape index (κ3) is 2.33. The minimum Gasteiger partial charge on any atom is -0.365 e. The molecule has 0 aliphatic rings. The summed E-state index contributed by atoms with van der Waals surface area (Å²) in [4.78, 5) is 0. The zero-order chi connectivity index (χ0) is 10.7. The van der Waals surface area contributed by atoms with E-state index in [2.05, 4.69) is 33.0 Å². The number of nitrogens with zero attached hydrogens (tertiary/aromatic N) is 4. The van der Waals surface area contributed by atoms with Gasteiger partial charge >= 0.3 is 0 Å². The summed E-state index contributed by atoms with van der Waals surface area (Å²) in [6, 6.07) is 2.06. The first kappa shape index (κ1) is 10.1. The zero-order valence-electron chi connectivity index (χ0n) is 8.77. The van der Waals surface area contributed by atoms with Gasteiger partial charge in [0.25, 0.3) is 0 Å². The Labute approximate surface area is 92.3 Å². The largest absolute Gasteiger partial charge is 0.365 e. The summed E-state index contributed by atoms with van der Waals surface area (Å²) in [5, 5.41) is 13.5. The molecule has 0 aromatic carbocycles. The summed E-state index contributed by atoms with van der Waals surface area (Å²) in [6.07, 6.45) is 0.952. The molecule has 80 valence electrons. The molecule has 0 bridgehead atoms. The lowest BCUT2D eigenvalue weighted by Crippen LogP contribution is -2.04. The van der Waals surface area contributed by atoms with Gasteiger partial charge in [-0.05, 0) is 18.0 Å². The molecule has 0 unspecified atom stereocenters. The molecule has 1 N–H and O–H groups in total. The predicted octanol–water partition coefficient (Wildman–Crippen LogP) is 1.45. The smallest absolute Gasteiger partial charge is 0.124 e. The average Bonchev–Trinajstić information content (AvgIpc) is 2.84. The fraction of sp³-hybridized carbons (Fsp3) is 0.444. The first-order valence-corrected chi connectivity index (χ1v) is 5.66. The monoisotopic (exact) mass is 223 g/mol. The van der Waals surface area contributed by atoms with E-state index >= 15 is 0 Å². The van der Waals surface area contributed by atoms with Gasteiger partial charge < -0.3 is 5.32 Å². The quantitative estimate of drug-likeness (QED) is 0.852. The van der Waals surface area contributed by atoms with Crippen LogP contribution < -0.4 is 5.32 Å². The molecule has 0 radical (unpaired) electrons. The third-order valence-corrected chi connectivity index (χ3v) is 2.70. The van der Waals surface area contributed by atoms with Gasteiger partial charge in [0.15, 0.2) is 0 Å². The first-order chi connectivity index (χ1) is 7.29. The fourth-order valence-electron chi connectivity index (χ4n) is 1.31. The molecule has 0 amide bonds. The Morgan fingerprint density at radius 3 is 2.93 bits per heavy atom. The average molecular weight is 223 g/mol. The second-order valence-electron chi connectivity index (χ2n) is 3.25. The van der Waals surface area contributed by atoms with Crippen molar-refractivity contribution in [2.75, 3.05) is 5.32 Å². The molecule has 0 atom stereocenters. The molecule has 5 nitrogen and oxygen atoms in total.